The molecule has 1 amide bonds. The zero-order valence-corrected chi connectivity index (χ0v) is 12.8. The largest absolute Gasteiger partial charge is 0.377 e. The maximum absolute atomic E-state index is 12.7. The van der Waals surface area contributed by atoms with Gasteiger partial charge in [-0.3, -0.25) is 4.79 Å². The number of hydrogen-bond acceptors (Lipinski definition) is 2. The molecule has 18 heavy (non-hydrogen) atoms. The summed E-state index contributed by atoms with van der Waals surface area (Å²) in [6.45, 7) is 3.71. The Morgan fingerprint density at radius 2 is 2.06 bits per heavy atom. The summed E-state index contributed by atoms with van der Waals surface area (Å²) in [5, 5.41) is 0.875. The molecule has 1 aliphatic heterocycles. The Kier molecular flexibility index (Phi) is 5.49. The minimum absolute atomic E-state index is 0.106. The Hall–Kier alpha value is -0.0900. The second-order valence-electron chi connectivity index (χ2n) is 5.37. The highest BCUT2D eigenvalue weighted by atomic mass is 79.9. The second kappa shape index (κ2) is 6.90. The standard InChI is InChI=1S/C14H24BrNO2/c1-2-13-12(7-10-18-13)14(17)16(9-8-15)11-5-3-4-6-11/h11-13H,2-10H2,1H3. The number of hydrogen-bond donors (Lipinski definition) is 0. The Balaban J connectivity index is 2.02. The van der Waals surface area contributed by atoms with E-state index in [9.17, 15) is 4.79 Å². The summed E-state index contributed by atoms with van der Waals surface area (Å²) in [6, 6.07) is 0.480. The Labute approximate surface area is 118 Å². The Bertz CT molecular complexity index is 279. The van der Waals surface area contributed by atoms with Crippen molar-refractivity contribution in [3.8, 4) is 0 Å². The van der Waals surface area contributed by atoms with Gasteiger partial charge >= 0.3 is 0 Å². The molecule has 2 aliphatic rings. The van der Waals surface area contributed by atoms with E-state index in [0.29, 0.717) is 11.9 Å². The third-order valence-electron chi connectivity index (χ3n) is 4.30. The maximum Gasteiger partial charge on any atom is 0.228 e. The first-order valence-electron chi connectivity index (χ1n) is 7.26. The number of nitrogens with zero attached hydrogens (tertiary/aromatic N) is 1. The minimum atomic E-state index is 0.106. The topological polar surface area (TPSA) is 29.5 Å². The predicted molar refractivity (Wildman–Crippen MR) is 75.9 cm³/mol. The van der Waals surface area contributed by atoms with E-state index in [1.165, 1.54) is 25.7 Å². The van der Waals surface area contributed by atoms with Gasteiger partial charge in [-0.1, -0.05) is 35.7 Å². The first-order valence-corrected chi connectivity index (χ1v) is 8.38. The maximum atomic E-state index is 12.7. The molecule has 0 spiro atoms. The van der Waals surface area contributed by atoms with Gasteiger partial charge in [0.2, 0.25) is 5.91 Å². The fourth-order valence-corrected chi connectivity index (χ4v) is 3.71. The average Bonchev–Trinajstić information content (AvgIpc) is 3.05. The fraction of sp³-hybridized carbons (Fsp3) is 0.929. The fourth-order valence-electron chi connectivity index (χ4n) is 3.33. The van der Waals surface area contributed by atoms with Gasteiger partial charge in [-0.05, 0) is 25.7 Å². The molecule has 3 nitrogen and oxygen atoms in total. The first kappa shape index (κ1) is 14.3. The highest BCUT2D eigenvalue weighted by Crippen LogP contribution is 2.30. The van der Waals surface area contributed by atoms with E-state index >= 15 is 0 Å². The molecule has 2 rings (SSSR count). The molecule has 4 heteroatoms. The van der Waals surface area contributed by atoms with E-state index < -0.39 is 0 Å². The summed E-state index contributed by atoms with van der Waals surface area (Å²) in [6.07, 6.45) is 6.92. The molecule has 104 valence electrons. The van der Waals surface area contributed by atoms with Crippen LogP contribution in [-0.4, -0.2) is 41.4 Å². The summed E-state index contributed by atoms with van der Waals surface area (Å²) in [5.74, 6) is 0.445. The smallest absolute Gasteiger partial charge is 0.228 e. The first-order chi connectivity index (χ1) is 8.77. The van der Waals surface area contributed by atoms with Crippen LogP contribution in [0.3, 0.4) is 0 Å². The van der Waals surface area contributed by atoms with Gasteiger partial charge in [0.05, 0.1) is 12.0 Å². The molecular weight excluding hydrogens is 294 g/mol. The summed E-state index contributed by atoms with van der Waals surface area (Å²) in [7, 11) is 0. The molecule has 0 aromatic rings. The van der Waals surface area contributed by atoms with E-state index in [4.69, 9.17) is 4.74 Å². The third kappa shape index (κ3) is 3.08. The zero-order valence-electron chi connectivity index (χ0n) is 11.2. The number of carbonyl (C=O) groups is 1. The molecule has 1 saturated heterocycles. The van der Waals surface area contributed by atoms with E-state index in [1.54, 1.807) is 0 Å². The van der Waals surface area contributed by atoms with Gasteiger partial charge in [-0.25, -0.2) is 0 Å². The van der Waals surface area contributed by atoms with Crippen molar-refractivity contribution in [3.63, 3.8) is 0 Å². The second-order valence-corrected chi connectivity index (χ2v) is 6.16. The number of amides is 1. The molecule has 1 saturated carbocycles. The average molecular weight is 318 g/mol. The third-order valence-corrected chi connectivity index (χ3v) is 4.66. The highest BCUT2D eigenvalue weighted by molar-refractivity contribution is 9.09. The summed E-state index contributed by atoms with van der Waals surface area (Å²) >= 11 is 3.48. The molecule has 1 aliphatic carbocycles. The van der Waals surface area contributed by atoms with Crippen molar-refractivity contribution >= 4 is 21.8 Å². The summed E-state index contributed by atoms with van der Waals surface area (Å²) in [5.41, 5.74) is 0. The van der Waals surface area contributed by atoms with Crippen LogP contribution in [0, 0.1) is 5.92 Å². The molecule has 0 bridgehead atoms. The van der Waals surface area contributed by atoms with Crippen LogP contribution in [0.2, 0.25) is 0 Å². The molecule has 0 N–H and O–H groups in total. The van der Waals surface area contributed by atoms with Crippen LogP contribution in [0.5, 0.6) is 0 Å². The SMILES string of the molecule is CCC1OCCC1C(=O)N(CCBr)C1CCCC1. The molecule has 0 radical (unpaired) electrons. The molecular formula is C14H24BrNO2. The van der Waals surface area contributed by atoms with Crippen LogP contribution in [0.25, 0.3) is 0 Å². The Morgan fingerprint density at radius 3 is 2.67 bits per heavy atom. The van der Waals surface area contributed by atoms with Gasteiger partial charge in [0, 0.05) is 24.5 Å². The lowest BCUT2D eigenvalue weighted by atomic mass is 9.97. The molecule has 0 aromatic carbocycles. The molecule has 2 fully saturated rings. The monoisotopic (exact) mass is 317 g/mol. The van der Waals surface area contributed by atoms with Gasteiger partial charge in [-0.15, -0.1) is 0 Å². The van der Waals surface area contributed by atoms with Crippen LogP contribution >= 0.6 is 15.9 Å². The lowest BCUT2D eigenvalue weighted by Gasteiger charge is -2.32. The molecule has 2 atom stereocenters. The van der Waals surface area contributed by atoms with E-state index in [0.717, 1.165) is 31.3 Å². The molecule has 0 aromatic heterocycles. The predicted octanol–water partition coefficient (Wildman–Crippen LogP) is 2.97. The normalized spacial score (nSPS) is 28.8. The van der Waals surface area contributed by atoms with Crippen LogP contribution < -0.4 is 0 Å². The zero-order chi connectivity index (χ0) is 13.0. The number of rotatable bonds is 5. The summed E-state index contributed by atoms with van der Waals surface area (Å²) in [4.78, 5) is 14.8. The van der Waals surface area contributed by atoms with Gasteiger partial charge in [-0.2, -0.15) is 0 Å². The summed E-state index contributed by atoms with van der Waals surface area (Å²) < 4.78 is 5.67. The molecule has 1 heterocycles. The van der Waals surface area contributed by atoms with Crippen LogP contribution in [0.15, 0.2) is 0 Å². The van der Waals surface area contributed by atoms with E-state index in [1.807, 2.05) is 0 Å². The van der Waals surface area contributed by atoms with E-state index in [-0.39, 0.29) is 12.0 Å². The minimum Gasteiger partial charge on any atom is -0.377 e. The van der Waals surface area contributed by atoms with Gasteiger partial charge in [0.15, 0.2) is 0 Å². The van der Waals surface area contributed by atoms with Crippen LogP contribution in [0.1, 0.15) is 45.4 Å². The van der Waals surface area contributed by atoms with Gasteiger partial charge in [0.25, 0.3) is 0 Å². The van der Waals surface area contributed by atoms with Gasteiger partial charge in [0.1, 0.15) is 0 Å². The van der Waals surface area contributed by atoms with Crippen molar-refractivity contribution in [2.75, 3.05) is 18.5 Å². The van der Waals surface area contributed by atoms with Crippen molar-refractivity contribution in [2.45, 2.75) is 57.6 Å². The highest BCUT2D eigenvalue weighted by Gasteiger charge is 2.37. The van der Waals surface area contributed by atoms with Crippen molar-refractivity contribution in [1.82, 2.24) is 4.90 Å². The Morgan fingerprint density at radius 1 is 1.33 bits per heavy atom. The van der Waals surface area contributed by atoms with Crippen molar-refractivity contribution in [1.29, 1.82) is 0 Å². The van der Waals surface area contributed by atoms with Crippen LogP contribution in [-0.2, 0) is 9.53 Å². The lowest BCUT2D eigenvalue weighted by Crippen LogP contribution is -2.45. The molecule has 2 unspecified atom stereocenters. The van der Waals surface area contributed by atoms with Gasteiger partial charge < -0.3 is 9.64 Å². The van der Waals surface area contributed by atoms with Crippen molar-refractivity contribution < 1.29 is 9.53 Å². The lowest BCUT2D eigenvalue weighted by molar-refractivity contribution is -0.139. The number of ether oxygens (including phenoxy) is 1. The van der Waals surface area contributed by atoms with Crippen molar-refractivity contribution in [2.24, 2.45) is 5.92 Å². The quantitative estimate of drug-likeness (QED) is 0.730. The van der Waals surface area contributed by atoms with E-state index in [2.05, 4.69) is 27.8 Å². The number of alkyl halides is 1. The van der Waals surface area contributed by atoms with Crippen LogP contribution in [0.4, 0.5) is 0 Å². The number of halogens is 1. The van der Waals surface area contributed by atoms with Crippen molar-refractivity contribution in [3.05, 3.63) is 0 Å². The number of carbonyl (C=O) groups excluding carboxylic acids is 1.